The summed E-state index contributed by atoms with van der Waals surface area (Å²) in [5.74, 6) is -1.71. The predicted molar refractivity (Wildman–Crippen MR) is 112 cm³/mol. The number of aromatic nitrogens is 3. The van der Waals surface area contributed by atoms with Crippen molar-refractivity contribution in [3.8, 4) is 16.4 Å². The molecule has 5 nitrogen and oxygen atoms in total. The molecule has 4 rings (SSSR count). The Morgan fingerprint density at radius 3 is 2.50 bits per heavy atom. The van der Waals surface area contributed by atoms with E-state index in [4.69, 9.17) is 0 Å². The molecule has 30 heavy (non-hydrogen) atoms. The van der Waals surface area contributed by atoms with Crippen LogP contribution in [0.15, 0.2) is 66.0 Å². The minimum Gasteiger partial charge on any atom is -0.332 e. The second kappa shape index (κ2) is 8.16. The van der Waals surface area contributed by atoms with Gasteiger partial charge in [-0.15, -0.1) is 16.4 Å². The van der Waals surface area contributed by atoms with Gasteiger partial charge in [0.05, 0.1) is 16.6 Å². The molecule has 0 bridgehead atoms. The number of rotatable bonds is 5. The average Bonchev–Trinajstić information content (AvgIpc) is 3.44. The van der Waals surface area contributed by atoms with Crippen molar-refractivity contribution >= 4 is 17.2 Å². The molecule has 2 aromatic carbocycles. The summed E-state index contributed by atoms with van der Waals surface area (Å²) in [6.07, 6.45) is 0. The van der Waals surface area contributed by atoms with E-state index in [1.54, 1.807) is 18.7 Å². The van der Waals surface area contributed by atoms with Crippen molar-refractivity contribution in [2.24, 2.45) is 0 Å². The molecule has 8 heteroatoms. The van der Waals surface area contributed by atoms with Crippen LogP contribution < -0.4 is 0 Å². The van der Waals surface area contributed by atoms with Crippen LogP contribution >= 0.6 is 11.3 Å². The topological polar surface area (TPSA) is 51.0 Å². The number of para-hydroxylation sites is 1. The Morgan fingerprint density at radius 1 is 1.07 bits per heavy atom. The van der Waals surface area contributed by atoms with Gasteiger partial charge in [-0.05, 0) is 48.2 Å². The van der Waals surface area contributed by atoms with E-state index in [1.807, 2.05) is 47.8 Å². The first kappa shape index (κ1) is 19.9. The Bertz CT molecular complexity index is 1180. The fourth-order valence-corrected chi connectivity index (χ4v) is 3.75. The van der Waals surface area contributed by atoms with Crippen LogP contribution in [0.25, 0.3) is 16.4 Å². The van der Waals surface area contributed by atoms with Crippen LogP contribution in [0.3, 0.4) is 0 Å². The lowest BCUT2D eigenvalue weighted by Gasteiger charge is -2.24. The monoisotopic (exact) mass is 424 g/mol. The summed E-state index contributed by atoms with van der Waals surface area (Å²) in [7, 11) is 1.59. The molecule has 0 saturated heterocycles. The lowest BCUT2D eigenvalue weighted by molar-refractivity contribution is 0.0730. The number of amides is 1. The van der Waals surface area contributed by atoms with Crippen LogP contribution in [0.4, 0.5) is 8.78 Å². The molecule has 1 unspecified atom stereocenters. The molecule has 0 aliphatic carbocycles. The molecule has 0 spiro atoms. The molecule has 0 radical (unpaired) electrons. The summed E-state index contributed by atoms with van der Waals surface area (Å²) >= 11 is 1.50. The van der Waals surface area contributed by atoms with Gasteiger partial charge in [0.25, 0.3) is 5.91 Å². The standard InChI is InChI=1S/C22H18F2N4OS/c1-14(15-10-11-17(23)18(24)13-15)27(2)22(29)20-25-21(19-9-6-12-30-19)28(26-20)16-7-4-3-5-8-16/h3-14H,1-2H3. The highest BCUT2D eigenvalue weighted by Crippen LogP contribution is 2.27. The van der Waals surface area contributed by atoms with Gasteiger partial charge in [0.1, 0.15) is 0 Å². The van der Waals surface area contributed by atoms with Crippen molar-refractivity contribution in [3.05, 3.63) is 89.1 Å². The van der Waals surface area contributed by atoms with Crippen LogP contribution in [0, 0.1) is 11.6 Å². The van der Waals surface area contributed by atoms with E-state index < -0.39 is 23.6 Å². The van der Waals surface area contributed by atoms with Gasteiger partial charge < -0.3 is 4.90 Å². The van der Waals surface area contributed by atoms with E-state index in [0.29, 0.717) is 11.4 Å². The number of nitrogens with zero attached hydrogens (tertiary/aromatic N) is 4. The molecule has 2 aromatic heterocycles. The minimum atomic E-state index is -0.952. The highest BCUT2D eigenvalue weighted by molar-refractivity contribution is 7.13. The van der Waals surface area contributed by atoms with Crippen molar-refractivity contribution in [1.29, 1.82) is 0 Å². The summed E-state index contributed by atoms with van der Waals surface area (Å²) < 4.78 is 28.5. The van der Waals surface area contributed by atoms with Crippen molar-refractivity contribution < 1.29 is 13.6 Å². The van der Waals surface area contributed by atoms with Crippen LogP contribution in [-0.4, -0.2) is 32.6 Å². The van der Waals surface area contributed by atoms with Gasteiger partial charge >= 0.3 is 0 Å². The lowest BCUT2D eigenvalue weighted by Crippen LogP contribution is -2.30. The molecular weight excluding hydrogens is 406 g/mol. The predicted octanol–water partition coefficient (Wildman–Crippen LogP) is 5.11. The number of carbonyl (C=O) groups excluding carboxylic acids is 1. The molecule has 4 aromatic rings. The summed E-state index contributed by atoms with van der Waals surface area (Å²) in [5.41, 5.74) is 1.26. The van der Waals surface area contributed by atoms with E-state index >= 15 is 0 Å². The number of halogens is 2. The zero-order chi connectivity index (χ0) is 21.3. The highest BCUT2D eigenvalue weighted by Gasteiger charge is 2.25. The Balaban J connectivity index is 1.69. The average molecular weight is 424 g/mol. The summed E-state index contributed by atoms with van der Waals surface area (Å²) in [6, 6.07) is 16.4. The third-order valence-corrected chi connectivity index (χ3v) is 5.73. The van der Waals surface area contributed by atoms with E-state index in [9.17, 15) is 13.6 Å². The first-order valence-electron chi connectivity index (χ1n) is 9.24. The van der Waals surface area contributed by atoms with E-state index in [2.05, 4.69) is 10.1 Å². The van der Waals surface area contributed by atoms with Crippen LogP contribution in [0.5, 0.6) is 0 Å². The molecule has 1 amide bonds. The molecule has 2 heterocycles. The molecule has 0 N–H and O–H groups in total. The van der Waals surface area contributed by atoms with Crippen LogP contribution in [-0.2, 0) is 0 Å². The largest absolute Gasteiger partial charge is 0.332 e. The molecule has 0 saturated carbocycles. The van der Waals surface area contributed by atoms with Gasteiger partial charge in [-0.3, -0.25) is 4.79 Å². The van der Waals surface area contributed by atoms with E-state index in [0.717, 1.165) is 22.7 Å². The summed E-state index contributed by atoms with van der Waals surface area (Å²) in [4.78, 5) is 19.9. The number of thiophene rings is 1. The third-order valence-electron chi connectivity index (χ3n) is 4.87. The fraction of sp³-hybridized carbons (Fsp3) is 0.136. The quantitative estimate of drug-likeness (QED) is 0.448. The van der Waals surface area contributed by atoms with Gasteiger partial charge in [0.15, 0.2) is 17.5 Å². The smallest absolute Gasteiger partial charge is 0.293 e. The van der Waals surface area contributed by atoms with Crippen molar-refractivity contribution in [2.45, 2.75) is 13.0 Å². The first-order chi connectivity index (χ1) is 14.5. The maximum atomic E-state index is 13.6. The Labute approximate surface area is 176 Å². The van der Waals surface area contributed by atoms with E-state index in [1.165, 1.54) is 22.3 Å². The molecule has 0 aliphatic heterocycles. The van der Waals surface area contributed by atoms with Crippen molar-refractivity contribution in [1.82, 2.24) is 19.7 Å². The second-order valence-electron chi connectivity index (χ2n) is 6.75. The Hall–Kier alpha value is -3.39. The zero-order valence-electron chi connectivity index (χ0n) is 16.3. The maximum absolute atomic E-state index is 13.6. The number of benzene rings is 2. The van der Waals surface area contributed by atoms with Gasteiger partial charge in [0.2, 0.25) is 5.82 Å². The van der Waals surface area contributed by atoms with Crippen LogP contribution in [0.1, 0.15) is 29.1 Å². The highest BCUT2D eigenvalue weighted by atomic mass is 32.1. The van der Waals surface area contributed by atoms with Crippen molar-refractivity contribution in [2.75, 3.05) is 7.05 Å². The van der Waals surface area contributed by atoms with Gasteiger partial charge in [-0.1, -0.05) is 30.3 Å². The summed E-state index contributed by atoms with van der Waals surface area (Å²) in [6.45, 7) is 1.74. The molecule has 152 valence electrons. The fourth-order valence-electron chi connectivity index (χ4n) is 3.05. The molecule has 0 fully saturated rings. The Kier molecular flexibility index (Phi) is 5.41. The number of carbonyl (C=O) groups is 1. The number of hydrogen-bond acceptors (Lipinski definition) is 4. The normalized spacial score (nSPS) is 12.0. The van der Waals surface area contributed by atoms with Gasteiger partial charge in [-0.25, -0.2) is 18.4 Å². The molecule has 1 atom stereocenters. The minimum absolute atomic E-state index is 0.0270. The maximum Gasteiger partial charge on any atom is 0.293 e. The third kappa shape index (κ3) is 3.73. The first-order valence-corrected chi connectivity index (χ1v) is 10.1. The van der Waals surface area contributed by atoms with Gasteiger partial charge in [0, 0.05) is 7.05 Å². The van der Waals surface area contributed by atoms with Gasteiger partial charge in [-0.2, -0.15) is 0 Å². The SMILES string of the molecule is CC(c1ccc(F)c(F)c1)N(C)C(=O)c1nc(-c2cccs2)n(-c2ccccc2)n1. The second-order valence-corrected chi connectivity index (χ2v) is 7.70. The zero-order valence-corrected chi connectivity index (χ0v) is 17.1. The van der Waals surface area contributed by atoms with Crippen LogP contribution in [0.2, 0.25) is 0 Å². The van der Waals surface area contributed by atoms with E-state index in [-0.39, 0.29) is 5.82 Å². The summed E-state index contributed by atoms with van der Waals surface area (Å²) in [5, 5.41) is 6.38. The number of hydrogen-bond donors (Lipinski definition) is 0. The lowest BCUT2D eigenvalue weighted by atomic mass is 10.1. The Morgan fingerprint density at radius 2 is 1.83 bits per heavy atom. The molecule has 0 aliphatic rings. The molecular formula is C22H18F2N4OS. The van der Waals surface area contributed by atoms with Crippen molar-refractivity contribution in [3.63, 3.8) is 0 Å².